The number of amides is 1. The molecule has 0 atom stereocenters. The molecule has 4 aromatic carbocycles. The van der Waals surface area contributed by atoms with Crippen LogP contribution in [0.5, 0.6) is 0 Å². The fourth-order valence-electron chi connectivity index (χ4n) is 4.17. The Morgan fingerprint density at radius 3 is 1.71 bits per heavy atom. The van der Waals surface area contributed by atoms with Crippen molar-refractivity contribution in [2.45, 2.75) is 20.0 Å². The molecule has 0 aliphatic rings. The summed E-state index contributed by atoms with van der Waals surface area (Å²) in [5.41, 5.74) is 2.11. The standard InChI is InChI=1S/C34H30N2O5/c1-24-18-20-27(21-19-24)31(37)29(30(34(40)41-2)35-28-16-10-5-11-17-28)32(38)33(39)36(22-25-12-6-3-7-13-25)23-26-14-8-4-9-15-26/h3-21,37H,22-23H2,1-2H3. The molecular weight excluding hydrogens is 516 g/mol. The first-order valence-corrected chi connectivity index (χ1v) is 13.0. The number of Topliss-reactive ketones (excluding diaryl/α,β-unsaturated/α-hetero) is 1. The van der Waals surface area contributed by atoms with Crippen molar-refractivity contribution in [3.63, 3.8) is 0 Å². The Kier molecular flexibility index (Phi) is 9.57. The Labute approximate surface area is 239 Å². The van der Waals surface area contributed by atoms with E-state index in [-0.39, 0.29) is 18.7 Å². The molecule has 0 heterocycles. The van der Waals surface area contributed by atoms with Gasteiger partial charge in [-0.05, 0) is 30.2 Å². The van der Waals surface area contributed by atoms with Gasteiger partial charge in [-0.25, -0.2) is 9.79 Å². The number of ether oxygens (including phenoxy) is 1. The van der Waals surface area contributed by atoms with Gasteiger partial charge in [-0.3, -0.25) is 9.59 Å². The van der Waals surface area contributed by atoms with E-state index in [4.69, 9.17) is 4.74 Å². The van der Waals surface area contributed by atoms with Crippen molar-refractivity contribution >= 4 is 34.8 Å². The molecule has 0 bridgehead atoms. The normalized spacial score (nSPS) is 11.8. The number of aliphatic hydroxyl groups is 1. The van der Waals surface area contributed by atoms with E-state index in [2.05, 4.69) is 4.99 Å². The summed E-state index contributed by atoms with van der Waals surface area (Å²) in [7, 11) is 1.15. The van der Waals surface area contributed by atoms with Crippen LogP contribution in [0.25, 0.3) is 5.76 Å². The van der Waals surface area contributed by atoms with Crippen molar-refractivity contribution in [3.8, 4) is 0 Å². The first-order valence-electron chi connectivity index (χ1n) is 13.0. The predicted molar refractivity (Wildman–Crippen MR) is 158 cm³/mol. The molecule has 0 saturated heterocycles. The number of aryl methyl sites for hydroxylation is 1. The van der Waals surface area contributed by atoms with E-state index in [1.54, 1.807) is 54.6 Å². The zero-order valence-electron chi connectivity index (χ0n) is 22.9. The Bertz CT molecular complexity index is 1520. The van der Waals surface area contributed by atoms with Gasteiger partial charge in [0.15, 0.2) is 5.71 Å². The minimum Gasteiger partial charge on any atom is -0.506 e. The second-order valence-corrected chi connectivity index (χ2v) is 9.34. The number of hydrogen-bond acceptors (Lipinski definition) is 6. The maximum absolute atomic E-state index is 14.1. The number of carbonyl (C=O) groups excluding carboxylic acids is 3. The number of rotatable bonds is 10. The average molecular weight is 547 g/mol. The molecule has 0 spiro atoms. The van der Waals surface area contributed by atoms with Crippen LogP contribution >= 0.6 is 0 Å². The van der Waals surface area contributed by atoms with Crippen LogP contribution in [0, 0.1) is 6.92 Å². The summed E-state index contributed by atoms with van der Waals surface area (Å²) in [6, 6.07) is 33.7. The summed E-state index contributed by atoms with van der Waals surface area (Å²) in [5, 5.41) is 11.4. The SMILES string of the molecule is COC(=O)C(=Nc1ccccc1)C(C(=O)C(=O)N(Cc1ccccc1)Cc1ccccc1)=C(O)c1ccc(C)cc1. The van der Waals surface area contributed by atoms with Crippen molar-refractivity contribution in [3.05, 3.63) is 143 Å². The van der Waals surface area contributed by atoms with E-state index < -0.39 is 34.7 Å². The Morgan fingerprint density at radius 2 is 1.22 bits per heavy atom. The highest BCUT2D eigenvalue weighted by Crippen LogP contribution is 2.24. The molecule has 1 N–H and O–H groups in total. The molecule has 7 heteroatoms. The highest BCUT2D eigenvalue weighted by molar-refractivity contribution is 6.60. The average Bonchev–Trinajstić information content (AvgIpc) is 3.01. The molecule has 0 saturated carbocycles. The number of para-hydroxylation sites is 1. The van der Waals surface area contributed by atoms with E-state index >= 15 is 0 Å². The van der Waals surface area contributed by atoms with Crippen molar-refractivity contribution in [2.75, 3.05) is 7.11 Å². The molecule has 0 radical (unpaired) electrons. The monoisotopic (exact) mass is 546 g/mol. The maximum Gasteiger partial charge on any atom is 0.357 e. The summed E-state index contributed by atoms with van der Waals surface area (Å²) in [4.78, 5) is 46.9. The molecule has 206 valence electrons. The maximum atomic E-state index is 14.1. The van der Waals surface area contributed by atoms with Crippen LogP contribution in [0.3, 0.4) is 0 Å². The van der Waals surface area contributed by atoms with Crippen LogP contribution in [0.4, 0.5) is 5.69 Å². The van der Waals surface area contributed by atoms with Crippen LogP contribution in [-0.2, 0) is 32.2 Å². The molecule has 0 aliphatic heterocycles. The lowest BCUT2D eigenvalue weighted by Crippen LogP contribution is -2.39. The van der Waals surface area contributed by atoms with Crippen LogP contribution in [0.15, 0.2) is 126 Å². The summed E-state index contributed by atoms with van der Waals surface area (Å²) in [6.07, 6.45) is 0. The summed E-state index contributed by atoms with van der Waals surface area (Å²) >= 11 is 0. The van der Waals surface area contributed by atoms with Gasteiger partial charge in [0.2, 0.25) is 0 Å². The van der Waals surface area contributed by atoms with E-state index in [0.29, 0.717) is 5.69 Å². The van der Waals surface area contributed by atoms with Crippen LogP contribution in [0.1, 0.15) is 22.3 Å². The number of methoxy groups -OCH3 is 1. The van der Waals surface area contributed by atoms with Crippen molar-refractivity contribution in [2.24, 2.45) is 4.99 Å². The lowest BCUT2D eigenvalue weighted by atomic mass is 9.98. The fourth-order valence-corrected chi connectivity index (χ4v) is 4.17. The first kappa shape index (κ1) is 28.7. The zero-order chi connectivity index (χ0) is 29.2. The van der Waals surface area contributed by atoms with E-state index in [0.717, 1.165) is 23.8 Å². The number of benzene rings is 4. The Morgan fingerprint density at radius 1 is 0.732 bits per heavy atom. The van der Waals surface area contributed by atoms with Gasteiger partial charge in [0.05, 0.1) is 12.8 Å². The largest absolute Gasteiger partial charge is 0.506 e. The lowest BCUT2D eigenvalue weighted by Gasteiger charge is -2.23. The molecule has 1 amide bonds. The van der Waals surface area contributed by atoms with Gasteiger partial charge < -0.3 is 14.7 Å². The van der Waals surface area contributed by atoms with Crippen LogP contribution in [-0.4, -0.2) is 40.5 Å². The Balaban J connectivity index is 1.85. The van der Waals surface area contributed by atoms with Gasteiger partial charge in [-0.1, -0.05) is 109 Å². The molecular formula is C34H30N2O5. The number of esters is 1. The topological polar surface area (TPSA) is 96.3 Å². The fraction of sp³-hybridized carbons (Fsp3) is 0.118. The third kappa shape index (κ3) is 7.42. The quantitative estimate of drug-likeness (QED) is 0.0864. The molecule has 4 rings (SSSR count). The van der Waals surface area contributed by atoms with E-state index in [9.17, 15) is 19.5 Å². The molecule has 4 aromatic rings. The van der Waals surface area contributed by atoms with Gasteiger partial charge in [0, 0.05) is 18.7 Å². The molecule has 0 aromatic heterocycles. The molecule has 0 unspecified atom stereocenters. The highest BCUT2D eigenvalue weighted by atomic mass is 16.5. The number of aliphatic hydroxyl groups excluding tert-OH is 1. The molecule has 7 nitrogen and oxygen atoms in total. The van der Waals surface area contributed by atoms with Gasteiger partial charge >= 0.3 is 5.97 Å². The number of aliphatic imine (C=N–C) groups is 1. The summed E-state index contributed by atoms with van der Waals surface area (Å²) in [5.74, 6) is -3.52. The van der Waals surface area contributed by atoms with Gasteiger partial charge in [-0.15, -0.1) is 0 Å². The van der Waals surface area contributed by atoms with Gasteiger partial charge in [0.1, 0.15) is 11.3 Å². The van der Waals surface area contributed by atoms with Crippen LogP contribution in [0.2, 0.25) is 0 Å². The lowest BCUT2D eigenvalue weighted by molar-refractivity contribution is -0.143. The zero-order valence-corrected chi connectivity index (χ0v) is 22.9. The second-order valence-electron chi connectivity index (χ2n) is 9.34. The summed E-state index contributed by atoms with van der Waals surface area (Å²) in [6.45, 7) is 2.13. The first-order chi connectivity index (χ1) is 19.9. The number of hydrogen-bond donors (Lipinski definition) is 1. The van der Waals surface area contributed by atoms with E-state index in [1.165, 1.54) is 4.90 Å². The smallest absolute Gasteiger partial charge is 0.357 e. The Hall–Kier alpha value is -5.30. The number of carbonyl (C=O) groups is 3. The van der Waals surface area contributed by atoms with Crippen molar-refractivity contribution in [1.29, 1.82) is 0 Å². The minimum atomic E-state index is -1.09. The van der Waals surface area contributed by atoms with Gasteiger partial charge in [-0.2, -0.15) is 0 Å². The molecule has 0 aliphatic carbocycles. The second kappa shape index (κ2) is 13.7. The van der Waals surface area contributed by atoms with Gasteiger partial charge in [0.25, 0.3) is 11.7 Å². The minimum absolute atomic E-state index is 0.127. The third-order valence-corrected chi connectivity index (χ3v) is 6.32. The van der Waals surface area contributed by atoms with Crippen molar-refractivity contribution in [1.82, 2.24) is 4.90 Å². The molecule has 0 fully saturated rings. The van der Waals surface area contributed by atoms with Crippen LogP contribution < -0.4 is 0 Å². The third-order valence-electron chi connectivity index (χ3n) is 6.32. The number of ketones is 1. The highest BCUT2D eigenvalue weighted by Gasteiger charge is 2.35. The summed E-state index contributed by atoms with van der Waals surface area (Å²) < 4.78 is 4.96. The predicted octanol–water partition coefficient (Wildman–Crippen LogP) is 6.01. The number of nitrogens with zero attached hydrogens (tertiary/aromatic N) is 2. The molecule has 41 heavy (non-hydrogen) atoms. The van der Waals surface area contributed by atoms with E-state index in [1.807, 2.05) is 67.6 Å². The van der Waals surface area contributed by atoms with Crippen molar-refractivity contribution < 1.29 is 24.2 Å².